The molecule has 0 amide bonds. The number of benzene rings is 1. The molecule has 1 aromatic rings. The Balaban J connectivity index is 2.86. The van der Waals surface area contributed by atoms with Gasteiger partial charge in [-0.2, -0.15) is 0 Å². The van der Waals surface area contributed by atoms with Crippen molar-refractivity contribution in [2.24, 2.45) is 0 Å². The lowest BCUT2D eigenvalue weighted by Crippen LogP contribution is -2.17. The summed E-state index contributed by atoms with van der Waals surface area (Å²) < 4.78 is 4.83. The summed E-state index contributed by atoms with van der Waals surface area (Å²) in [5.74, 6) is -1.30. The molecule has 0 N–H and O–H groups in total. The number of carbonyl (C=O) groups excluding carboxylic acids is 2. The standard InChI is InChI=1S/C12H14O3S/c1-3-15-12(14)11(8-13)9-4-6-10(16-2)7-5-9/h4-8,11H,3H2,1-2H3. The highest BCUT2D eigenvalue weighted by Gasteiger charge is 2.20. The molecule has 0 saturated heterocycles. The number of hydrogen-bond acceptors (Lipinski definition) is 4. The number of thioether (sulfide) groups is 1. The molecule has 1 aromatic carbocycles. The largest absolute Gasteiger partial charge is 0.465 e. The summed E-state index contributed by atoms with van der Waals surface area (Å²) in [6, 6.07) is 7.33. The van der Waals surface area contributed by atoms with Gasteiger partial charge in [-0.15, -0.1) is 11.8 Å². The number of hydrogen-bond donors (Lipinski definition) is 0. The zero-order chi connectivity index (χ0) is 12.0. The Labute approximate surface area is 99.2 Å². The second kappa shape index (κ2) is 6.33. The third-order valence-corrected chi connectivity index (χ3v) is 2.90. The summed E-state index contributed by atoms with van der Waals surface area (Å²) in [6.07, 6.45) is 2.59. The smallest absolute Gasteiger partial charge is 0.320 e. The van der Waals surface area contributed by atoms with E-state index in [1.54, 1.807) is 30.8 Å². The van der Waals surface area contributed by atoms with Crippen molar-refractivity contribution in [3.8, 4) is 0 Å². The van der Waals surface area contributed by atoms with Crippen molar-refractivity contribution in [2.75, 3.05) is 12.9 Å². The third-order valence-electron chi connectivity index (χ3n) is 2.15. The quantitative estimate of drug-likeness (QED) is 0.341. The van der Waals surface area contributed by atoms with Crippen LogP contribution in [0.15, 0.2) is 29.2 Å². The van der Waals surface area contributed by atoms with Crippen molar-refractivity contribution in [2.45, 2.75) is 17.7 Å². The molecule has 0 radical (unpaired) electrons. The van der Waals surface area contributed by atoms with Crippen LogP contribution in [0.2, 0.25) is 0 Å². The van der Waals surface area contributed by atoms with Crippen LogP contribution in [0.5, 0.6) is 0 Å². The van der Waals surface area contributed by atoms with Crippen molar-refractivity contribution in [1.82, 2.24) is 0 Å². The maximum atomic E-state index is 11.5. The van der Waals surface area contributed by atoms with Crippen LogP contribution in [-0.2, 0) is 14.3 Å². The molecule has 0 heterocycles. The van der Waals surface area contributed by atoms with Gasteiger partial charge in [0.1, 0.15) is 12.2 Å². The zero-order valence-corrected chi connectivity index (χ0v) is 10.1. The van der Waals surface area contributed by atoms with Crippen LogP contribution in [0.3, 0.4) is 0 Å². The predicted octanol–water partition coefficient (Wildman–Crippen LogP) is 2.25. The molecule has 0 fully saturated rings. The van der Waals surface area contributed by atoms with E-state index in [9.17, 15) is 9.59 Å². The van der Waals surface area contributed by atoms with Gasteiger partial charge in [-0.3, -0.25) is 4.79 Å². The monoisotopic (exact) mass is 238 g/mol. The van der Waals surface area contributed by atoms with Crippen LogP contribution < -0.4 is 0 Å². The zero-order valence-electron chi connectivity index (χ0n) is 9.30. The molecule has 0 aliphatic carbocycles. The average Bonchev–Trinajstić information content (AvgIpc) is 2.31. The van der Waals surface area contributed by atoms with Gasteiger partial charge in [0.25, 0.3) is 0 Å². The first-order chi connectivity index (χ1) is 7.72. The van der Waals surface area contributed by atoms with E-state index in [-0.39, 0.29) is 6.61 Å². The molecule has 0 bridgehead atoms. The fourth-order valence-corrected chi connectivity index (χ4v) is 1.72. The van der Waals surface area contributed by atoms with Gasteiger partial charge in [-0.25, -0.2) is 0 Å². The summed E-state index contributed by atoms with van der Waals surface area (Å²) in [5.41, 5.74) is 0.672. The van der Waals surface area contributed by atoms with Crippen LogP contribution in [-0.4, -0.2) is 25.1 Å². The van der Waals surface area contributed by atoms with Gasteiger partial charge in [0.15, 0.2) is 0 Å². The average molecular weight is 238 g/mol. The lowest BCUT2D eigenvalue weighted by molar-refractivity contribution is -0.146. The van der Waals surface area contributed by atoms with E-state index in [4.69, 9.17) is 4.74 Å². The van der Waals surface area contributed by atoms with Crippen molar-refractivity contribution >= 4 is 24.0 Å². The highest BCUT2D eigenvalue weighted by molar-refractivity contribution is 7.98. The van der Waals surface area contributed by atoms with Crippen molar-refractivity contribution in [3.63, 3.8) is 0 Å². The molecule has 16 heavy (non-hydrogen) atoms. The van der Waals surface area contributed by atoms with E-state index >= 15 is 0 Å². The molecule has 1 rings (SSSR count). The normalized spacial score (nSPS) is 11.9. The summed E-state index contributed by atoms with van der Waals surface area (Å²) in [6.45, 7) is 2.00. The summed E-state index contributed by atoms with van der Waals surface area (Å²) in [4.78, 5) is 23.4. The lowest BCUT2D eigenvalue weighted by atomic mass is 10.0. The molecule has 1 unspecified atom stereocenters. The Bertz CT molecular complexity index is 359. The first kappa shape index (κ1) is 12.8. The number of rotatable bonds is 5. The molecular formula is C12H14O3S. The molecular weight excluding hydrogens is 224 g/mol. The Kier molecular flexibility index (Phi) is 5.05. The van der Waals surface area contributed by atoms with E-state index in [0.29, 0.717) is 11.8 Å². The Morgan fingerprint density at radius 1 is 1.44 bits per heavy atom. The van der Waals surface area contributed by atoms with Crippen molar-refractivity contribution < 1.29 is 14.3 Å². The van der Waals surface area contributed by atoms with E-state index in [0.717, 1.165) is 4.90 Å². The van der Waals surface area contributed by atoms with Gasteiger partial charge >= 0.3 is 5.97 Å². The van der Waals surface area contributed by atoms with Crippen LogP contribution >= 0.6 is 11.8 Å². The van der Waals surface area contributed by atoms with Crippen molar-refractivity contribution in [1.29, 1.82) is 0 Å². The van der Waals surface area contributed by atoms with Gasteiger partial charge in [-0.05, 0) is 30.9 Å². The number of ether oxygens (including phenoxy) is 1. The maximum absolute atomic E-state index is 11.5. The fraction of sp³-hybridized carbons (Fsp3) is 0.333. The molecule has 0 saturated carbocycles. The van der Waals surface area contributed by atoms with Crippen LogP contribution in [0.25, 0.3) is 0 Å². The first-order valence-electron chi connectivity index (χ1n) is 4.98. The fourth-order valence-electron chi connectivity index (χ4n) is 1.31. The highest BCUT2D eigenvalue weighted by atomic mass is 32.2. The van der Waals surface area contributed by atoms with Gasteiger partial charge in [0.2, 0.25) is 0 Å². The Morgan fingerprint density at radius 2 is 2.06 bits per heavy atom. The summed E-state index contributed by atoms with van der Waals surface area (Å²) in [5, 5.41) is 0. The van der Waals surface area contributed by atoms with E-state index < -0.39 is 11.9 Å². The van der Waals surface area contributed by atoms with Crippen LogP contribution in [0.1, 0.15) is 18.4 Å². The Morgan fingerprint density at radius 3 is 2.50 bits per heavy atom. The minimum atomic E-state index is -0.809. The van der Waals surface area contributed by atoms with Crippen LogP contribution in [0, 0.1) is 0 Å². The lowest BCUT2D eigenvalue weighted by Gasteiger charge is -2.09. The molecule has 86 valence electrons. The molecule has 0 aliphatic heterocycles. The van der Waals surface area contributed by atoms with Crippen LogP contribution in [0.4, 0.5) is 0 Å². The minimum absolute atomic E-state index is 0.284. The number of carbonyl (C=O) groups is 2. The Hall–Kier alpha value is -1.29. The van der Waals surface area contributed by atoms with Gasteiger partial charge in [-0.1, -0.05) is 12.1 Å². The summed E-state index contributed by atoms with van der Waals surface area (Å²) in [7, 11) is 0. The SMILES string of the molecule is CCOC(=O)C(C=O)c1ccc(SC)cc1. The van der Waals surface area contributed by atoms with E-state index in [1.807, 2.05) is 18.4 Å². The van der Waals surface area contributed by atoms with Crippen molar-refractivity contribution in [3.05, 3.63) is 29.8 Å². The predicted molar refractivity (Wildman–Crippen MR) is 63.7 cm³/mol. The molecule has 1 atom stereocenters. The second-order valence-electron chi connectivity index (χ2n) is 3.14. The van der Waals surface area contributed by atoms with Gasteiger partial charge < -0.3 is 9.53 Å². The molecule has 0 spiro atoms. The van der Waals surface area contributed by atoms with E-state index in [2.05, 4.69) is 0 Å². The van der Waals surface area contributed by atoms with E-state index in [1.165, 1.54) is 0 Å². The van der Waals surface area contributed by atoms with Gasteiger partial charge in [0.05, 0.1) is 6.61 Å². The second-order valence-corrected chi connectivity index (χ2v) is 4.02. The topological polar surface area (TPSA) is 43.4 Å². The molecule has 0 aromatic heterocycles. The summed E-state index contributed by atoms with van der Waals surface area (Å²) >= 11 is 1.61. The minimum Gasteiger partial charge on any atom is -0.465 e. The third kappa shape index (κ3) is 3.10. The number of aldehydes is 1. The first-order valence-corrected chi connectivity index (χ1v) is 6.21. The van der Waals surface area contributed by atoms with Gasteiger partial charge in [0, 0.05) is 4.90 Å². The highest BCUT2D eigenvalue weighted by Crippen LogP contribution is 2.20. The molecule has 3 nitrogen and oxygen atoms in total. The number of esters is 1. The molecule has 0 aliphatic rings. The molecule has 4 heteroatoms. The maximum Gasteiger partial charge on any atom is 0.320 e.